The van der Waals surface area contributed by atoms with Gasteiger partial charge in [-0.1, -0.05) is 13.8 Å². The molecule has 0 aliphatic carbocycles. The Hall–Kier alpha value is -1.10. The smallest absolute Gasteiger partial charge is 0.335 e. The Morgan fingerprint density at radius 1 is 1.47 bits per heavy atom. The van der Waals surface area contributed by atoms with Crippen LogP contribution in [0.25, 0.3) is 0 Å². The van der Waals surface area contributed by atoms with Gasteiger partial charge in [0.2, 0.25) is 0 Å². The van der Waals surface area contributed by atoms with Crippen molar-refractivity contribution in [3.63, 3.8) is 0 Å². The lowest BCUT2D eigenvalue weighted by molar-refractivity contribution is 0.281. The molecule has 0 unspecified atom stereocenters. The van der Waals surface area contributed by atoms with E-state index in [0.717, 1.165) is 19.4 Å². The van der Waals surface area contributed by atoms with E-state index in [4.69, 9.17) is 4.74 Å². The van der Waals surface area contributed by atoms with Crippen molar-refractivity contribution in [2.24, 2.45) is 7.05 Å². The lowest BCUT2D eigenvalue weighted by Gasteiger charge is -2.07. The largest absolute Gasteiger partial charge is 0.462 e. The molecule has 1 heterocycles. The maximum absolute atomic E-state index is 5.36. The molecule has 1 aromatic rings. The third-order valence-corrected chi connectivity index (χ3v) is 1.93. The molecule has 0 amide bonds. The average molecular weight is 212 g/mol. The normalized spacial score (nSPS) is 10.9. The number of hydrogen-bond donors (Lipinski definition) is 1. The van der Waals surface area contributed by atoms with Gasteiger partial charge in [-0.15, -0.1) is 5.10 Å². The minimum atomic E-state index is 0.467. The molecule has 1 N–H and O–H groups in total. The number of ether oxygens (including phenoxy) is 1. The Balaban J connectivity index is 1.98. The highest BCUT2D eigenvalue weighted by atomic mass is 16.5. The number of unbranched alkanes of at least 4 members (excludes halogenated alkanes) is 1. The second kappa shape index (κ2) is 6.40. The number of rotatable bonds is 7. The van der Waals surface area contributed by atoms with Gasteiger partial charge in [0.1, 0.15) is 6.33 Å². The van der Waals surface area contributed by atoms with Crippen LogP contribution in [-0.4, -0.2) is 34.0 Å². The minimum absolute atomic E-state index is 0.467. The summed E-state index contributed by atoms with van der Waals surface area (Å²) in [6.45, 7) is 6.02. The Morgan fingerprint density at radius 3 is 2.87 bits per heavy atom. The van der Waals surface area contributed by atoms with Gasteiger partial charge >= 0.3 is 6.01 Å². The molecular weight excluding hydrogens is 192 g/mol. The fourth-order valence-electron chi connectivity index (χ4n) is 1.17. The molecule has 15 heavy (non-hydrogen) atoms. The summed E-state index contributed by atoms with van der Waals surface area (Å²) in [5.41, 5.74) is 0. The Morgan fingerprint density at radius 2 is 2.27 bits per heavy atom. The highest BCUT2D eigenvalue weighted by Gasteiger charge is 1.98. The number of aryl methyl sites for hydroxylation is 1. The lowest BCUT2D eigenvalue weighted by atomic mass is 10.3. The molecule has 0 saturated heterocycles. The van der Waals surface area contributed by atoms with Crippen molar-refractivity contribution in [2.75, 3.05) is 13.2 Å². The lowest BCUT2D eigenvalue weighted by Crippen LogP contribution is -2.23. The molecule has 0 radical (unpaired) electrons. The molecule has 0 fully saturated rings. The van der Waals surface area contributed by atoms with E-state index in [0.29, 0.717) is 18.7 Å². The molecule has 0 aliphatic heterocycles. The molecule has 5 heteroatoms. The highest BCUT2D eigenvalue weighted by molar-refractivity contribution is 4.86. The van der Waals surface area contributed by atoms with E-state index in [1.165, 1.54) is 0 Å². The van der Waals surface area contributed by atoms with Gasteiger partial charge in [-0.3, -0.25) is 4.68 Å². The van der Waals surface area contributed by atoms with E-state index in [2.05, 4.69) is 29.2 Å². The van der Waals surface area contributed by atoms with Crippen LogP contribution in [0.5, 0.6) is 6.01 Å². The average Bonchev–Trinajstić information content (AvgIpc) is 2.57. The van der Waals surface area contributed by atoms with E-state index in [-0.39, 0.29) is 0 Å². The van der Waals surface area contributed by atoms with Gasteiger partial charge < -0.3 is 10.1 Å². The van der Waals surface area contributed by atoms with Crippen molar-refractivity contribution >= 4 is 0 Å². The summed E-state index contributed by atoms with van der Waals surface area (Å²) in [5.74, 6) is 0. The molecule has 0 aliphatic rings. The van der Waals surface area contributed by atoms with E-state index < -0.39 is 0 Å². The van der Waals surface area contributed by atoms with Crippen molar-refractivity contribution in [3.05, 3.63) is 6.33 Å². The molecule has 0 aromatic carbocycles. The maximum Gasteiger partial charge on any atom is 0.335 e. The van der Waals surface area contributed by atoms with Gasteiger partial charge in [-0.25, -0.2) is 0 Å². The summed E-state index contributed by atoms with van der Waals surface area (Å²) < 4.78 is 7.00. The van der Waals surface area contributed by atoms with Crippen molar-refractivity contribution in [1.29, 1.82) is 0 Å². The van der Waals surface area contributed by atoms with Gasteiger partial charge in [-0.05, 0) is 19.4 Å². The Bertz CT molecular complexity index is 272. The van der Waals surface area contributed by atoms with Crippen LogP contribution in [0.15, 0.2) is 6.33 Å². The fraction of sp³-hybridized carbons (Fsp3) is 0.800. The highest BCUT2D eigenvalue weighted by Crippen LogP contribution is 1.99. The first-order valence-corrected chi connectivity index (χ1v) is 5.40. The van der Waals surface area contributed by atoms with E-state index in [1.54, 1.807) is 11.0 Å². The second-order valence-corrected chi connectivity index (χ2v) is 3.87. The number of nitrogens with zero attached hydrogens (tertiary/aromatic N) is 3. The summed E-state index contributed by atoms with van der Waals surface area (Å²) >= 11 is 0. The third kappa shape index (κ3) is 5.37. The fourth-order valence-corrected chi connectivity index (χ4v) is 1.17. The predicted molar refractivity (Wildman–Crippen MR) is 58.9 cm³/mol. The summed E-state index contributed by atoms with van der Waals surface area (Å²) in [6.07, 6.45) is 3.78. The first-order chi connectivity index (χ1) is 7.18. The predicted octanol–water partition coefficient (Wildman–Crippen LogP) is 0.972. The van der Waals surface area contributed by atoms with Crippen LogP contribution >= 0.6 is 0 Å². The van der Waals surface area contributed by atoms with Crippen LogP contribution < -0.4 is 10.1 Å². The first kappa shape index (κ1) is 12.0. The van der Waals surface area contributed by atoms with Crippen molar-refractivity contribution in [2.45, 2.75) is 32.7 Å². The van der Waals surface area contributed by atoms with E-state index in [1.807, 2.05) is 7.05 Å². The Labute approximate surface area is 90.8 Å². The number of aromatic nitrogens is 3. The topological polar surface area (TPSA) is 52.0 Å². The molecule has 5 nitrogen and oxygen atoms in total. The van der Waals surface area contributed by atoms with Crippen molar-refractivity contribution in [3.8, 4) is 6.01 Å². The van der Waals surface area contributed by atoms with Crippen LogP contribution in [-0.2, 0) is 7.05 Å². The molecular formula is C10H20N4O. The molecule has 0 spiro atoms. The molecule has 1 aromatic heterocycles. The van der Waals surface area contributed by atoms with Gasteiger partial charge in [0.15, 0.2) is 0 Å². The zero-order valence-corrected chi connectivity index (χ0v) is 9.73. The van der Waals surface area contributed by atoms with Gasteiger partial charge in [0.05, 0.1) is 6.61 Å². The van der Waals surface area contributed by atoms with Gasteiger partial charge in [0.25, 0.3) is 0 Å². The quantitative estimate of drug-likeness (QED) is 0.684. The van der Waals surface area contributed by atoms with E-state index >= 15 is 0 Å². The van der Waals surface area contributed by atoms with Crippen molar-refractivity contribution in [1.82, 2.24) is 20.1 Å². The maximum atomic E-state index is 5.36. The number of hydrogen-bond acceptors (Lipinski definition) is 4. The summed E-state index contributed by atoms with van der Waals surface area (Å²) in [5, 5.41) is 7.38. The molecule has 0 atom stereocenters. The van der Waals surface area contributed by atoms with Gasteiger partial charge in [0, 0.05) is 13.1 Å². The van der Waals surface area contributed by atoms with Crippen LogP contribution in [0.3, 0.4) is 0 Å². The summed E-state index contributed by atoms with van der Waals surface area (Å²) in [7, 11) is 1.83. The molecule has 0 bridgehead atoms. The summed E-state index contributed by atoms with van der Waals surface area (Å²) in [6, 6.07) is 1.03. The van der Waals surface area contributed by atoms with Crippen molar-refractivity contribution < 1.29 is 4.74 Å². The Kier molecular flexibility index (Phi) is 5.10. The first-order valence-electron chi connectivity index (χ1n) is 5.40. The zero-order chi connectivity index (χ0) is 11.1. The van der Waals surface area contributed by atoms with Crippen LogP contribution in [0.4, 0.5) is 0 Å². The molecule has 0 saturated carbocycles. The third-order valence-electron chi connectivity index (χ3n) is 1.93. The van der Waals surface area contributed by atoms with Gasteiger partial charge in [-0.2, -0.15) is 4.98 Å². The SMILES string of the molecule is CC(C)NCCCCOc1ncn(C)n1. The molecule has 86 valence electrons. The molecule has 1 rings (SSSR count). The van der Waals surface area contributed by atoms with Crippen LogP contribution in [0.1, 0.15) is 26.7 Å². The standard InChI is InChI=1S/C10H20N4O/c1-9(2)11-6-4-5-7-15-10-12-8-14(3)13-10/h8-9,11H,4-7H2,1-3H3. The summed E-state index contributed by atoms with van der Waals surface area (Å²) in [4.78, 5) is 3.98. The zero-order valence-electron chi connectivity index (χ0n) is 9.73. The second-order valence-electron chi connectivity index (χ2n) is 3.87. The monoisotopic (exact) mass is 212 g/mol. The minimum Gasteiger partial charge on any atom is -0.462 e. The van der Waals surface area contributed by atoms with Crippen LogP contribution in [0, 0.1) is 0 Å². The van der Waals surface area contributed by atoms with E-state index in [9.17, 15) is 0 Å². The number of nitrogens with one attached hydrogen (secondary N) is 1. The van der Waals surface area contributed by atoms with Crippen LogP contribution in [0.2, 0.25) is 0 Å².